The fraction of sp³-hybridized carbons (Fsp3) is 0.227. The van der Waals surface area contributed by atoms with Crippen molar-refractivity contribution in [3.63, 3.8) is 0 Å². The van der Waals surface area contributed by atoms with Crippen molar-refractivity contribution in [3.05, 3.63) is 62.0 Å². The Balaban J connectivity index is 1.74. The molecule has 0 atom stereocenters. The van der Waals surface area contributed by atoms with Crippen molar-refractivity contribution < 1.29 is 19.1 Å². The molecule has 0 radical (unpaired) electrons. The van der Waals surface area contributed by atoms with Crippen LogP contribution in [0.25, 0.3) is 6.08 Å². The molecule has 156 valence electrons. The number of nitrogens with zero attached hydrogens (tertiary/aromatic N) is 1. The van der Waals surface area contributed by atoms with Crippen LogP contribution < -0.4 is 10.1 Å². The lowest BCUT2D eigenvalue weighted by Crippen LogP contribution is -2.36. The van der Waals surface area contributed by atoms with Gasteiger partial charge in [0.2, 0.25) is 5.91 Å². The number of hydrogen-bond acceptors (Lipinski definition) is 5. The molecule has 3 amide bonds. The molecule has 30 heavy (non-hydrogen) atoms. The molecule has 0 aliphatic carbocycles. The van der Waals surface area contributed by atoms with Gasteiger partial charge in [-0.1, -0.05) is 23.8 Å². The smallest absolute Gasteiger partial charge is 0.294 e. The lowest BCUT2D eigenvalue weighted by atomic mass is 10.1. The first-order chi connectivity index (χ1) is 14.2. The average molecular weight is 489 g/mol. The molecule has 0 unspecified atom stereocenters. The largest absolute Gasteiger partial charge is 0.496 e. The maximum Gasteiger partial charge on any atom is 0.294 e. The van der Waals surface area contributed by atoms with Crippen molar-refractivity contribution in [3.8, 4) is 5.75 Å². The Morgan fingerprint density at radius 1 is 1.17 bits per heavy atom. The SMILES string of the molecule is COc1ccc(/C=C2/SC(=O)N(CC(=O)Nc3c(C)cc(C)cc3C)C2=O)cc1Br. The van der Waals surface area contributed by atoms with Gasteiger partial charge in [-0.05, 0) is 83.4 Å². The van der Waals surface area contributed by atoms with Crippen LogP contribution in [-0.2, 0) is 9.59 Å². The van der Waals surface area contributed by atoms with Crippen molar-refractivity contribution in [2.45, 2.75) is 20.8 Å². The van der Waals surface area contributed by atoms with Gasteiger partial charge in [-0.15, -0.1) is 0 Å². The standard InChI is InChI=1S/C22H21BrN2O4S/c1-12-7-13(2)20(14(3)8-12)24-19(26)11-25-21(27)18(30-22(25)28)10-15-5-6-17(29-4)16(23)9-15/h5-10H,11H2,1-4H3,(H,24,26)/b18-10+. The summed E-state index contributed by atoms with van der Waals surface area (Å²) in [4.78, 5) is 38.8. The maximum atomic E-state index is 12.7. The highest BCUT2D eigenvalue weighted by Crippen LogP contribution is 2.34. The Morgan fingerprint density at radius 3 is 2.43 bits per heavy atom. The molecule has 6 nitrogen and oxygen atoms in total. The summed E-state index contributed by atoms with van der Waals surface area (Å²) in [5.41, 5.74) is 4.41. The van der Waals surface area contributed by atoms with Crippen LogP contribution in [0.3, 0.4) is 0 Å². The minimum absolute atomic E-state index is 0.271. The molecule has 2 aromatic carbocycles. The molecule has 0 spiro atoms. The van der Waals surface area contributed by atoms with E-state index in [1.807, 2.05) is 32.9 Å². The predicted octanol–water partition coefficient (Wildman–Crippen LogP) is 5.06. The van der Waals surface area contributed by atoms with Crippen LogP contribution in [0.15, 0.2) is 39.7 Å². The molecule has 1 aliphatic heterocycles. The van der Waals surface area contributed by atoms with E-state index in [0.717, 1.165) is 43.4 Å². The number of amides is 3. The highest BCUT2D eigenvalue weighted by Gasteiger charge is 2.36. The molecule has 2 aromatic rings. The third kappa shape index (κ3) is 4.76. The van der Waals surface area contributed by atoms with Gasteiger partial charge in [-0.25, -0.2) is 0 Å². The van der Waals surface area contributed by atoms with Crippen molar-refractivity contribution >= 4 is 56.5 Å². The summed E-state index contributed by atoms with van der Waals surface area (Å²) in [6.45, 7) is 5.47. The Labute approximate surface area is 187 Å². The first kappa shape index (κ1) is 22.1. The van der Waals surface area contributed by atoms with E-state index in [4.69, 9.17) is 4.74 Å². The number of aryl methyl sites for hydroxylation is 3. The highest BCUT2D eigenvalue weighted by atomic mass is 79.9. The summed E-state index contributed by atoms with van der Waals surface area (Å²) in [7, 11) is 1.57. The zero-order chi connectivity index (χ0) is 22.0. The molecular formula is C22H21BrN2O4S. The predicted molar refractivity (Wildman–Crippen MR) is 123 cm³/mol. The lowest BCUT2D eigenvalue weighted by Gasteiger charge is -2.15. The second kappa shape index (κ2) is 9.06. The van der Waals surface area contributed by atoms with E-state index >= 15 is 0 Å². The monoisotopic (exact) mass is 488 g/mol. The van der Waals surface area contributed by atoms with E-state index in [9.17, 15) is 14.4 Å². The van der Waals surface area contributed by atoms with E-state index in [-0.39, 0.29) is 11.4 Å². The molecule has 0 saturated carbocycles. The van der Waals surface area contributed by atoms with Crippen LogP contribution in [0, 0.1) is 20.8 Å². The molecule has 1 fully saturated rings. The number of anilines is 1. The summed E-state index contributed by atoms with van der Waals surface area (Å²) in [6, 6.07) is 9.28. The molecule has 1 N–H and O–H groups in total. The second-order valence-corrected chi connectivity index (χ2v) is 8.83. The fourth-order valence-corrected chi connectivity index (χ4v) is 4.66. The van der Waals surface area contributed by atoms with E-state index in [1.54, 1.807) is 31.4 Å². The Kier molecular flexibility index (Phi) is 6.67. The molecule has 1 aliphatic rings. The summed E-state index contributed by atoms with van der Waals surface area (Å²) >= 11 is 4.22. The average Bonchev–Trinajstić information content (AvgIpc) is 2.92. The second-order valence-electron chi connectivity index (χ2n) is 6.98. The van der Waals surface area contributed by atoms with Gasteiger partial charge in [0.25, 0.3) is 11.1 Å². The van der Waals surface area contributed by atoms with Crippen molar-refractivity contribution in [2.24, 2.45) is 0 Å². The zero-order valence-electron chi connectivity index (χ0n) is 17.0. The van der Waals surface area contributed by atoms with E-state index < -0.39 is 17.1 Å². The number of carbonyl (C=O) groups is 3. The third-order valence-corrected chi connectivity index (χ3v) is 6.12. The van der Waals surface area contributed by atoms with Crippen LogP contribution in [0.1, 0.15) is 22.3 Å². The number of benzene rings is 2. The molecule has 0 bridgehead atoms. The molecule has 1 saturated heterocycles. The van der Waals surface area contributed by atoms with Crippen molar-refractivity contribution in [1.29, 1.82) is 0 Å². The van der Waals surface area contributed by atoms with Crippen LogP contribution in [-0.4, -0.2) is 35.6 Å². The Morgan fingerprint density at radius 2 is 1.83 bits per heavy atom. The van der Waals surface area contributed by atoms with Crippen LogP contribution in [0.5, 0.6) is 5.75 Å². The topological polar surface area (TPSA) is 75.7 Å². The van der Waals surface area contributed by atoms with Crippen molar-refractivity contribution in [1.82, 2.24) is 4.90 Å². The van der Waals surface area contributed by atoms with Crippen LogP contribution >= 0.6 is 27.7 Å². The fourth-order valence-electron chi connectivity index (χ4n) is 3.26. The third-order valence-electron chi connectivity index (χ3n) is 4.59. The van der Waals surface area contributed by atoms with E-state index in [2.05, 4.69) is 21.2 Å². The molecular weight excluding hydrogens is 468 g/mol. The van der Waals surface area contributed by atoms with Gasteiger partial charge in [0.15, 0.2) is 0 Å². The maximum absolute atomic E-state index is 12.7. The number of methoxy groups -OCH3 is 1. The number of ether oxygens (including phenoxy) is 1. The van der Waals surface area contributed by atoms with E-state index in [0.29, 0.717) is 11.4 Å². The number of thioether (sulfide) groups is 1. The van der Waals surface area contributed by atoms with Crippen LogP contribution in [0.2, 0.25) is 0 Å². The first-order valence-electron chi connectivity index (χ1n) is 9.16. The van der Waals surface area contributed by atoms with E-state index in [1.165, 1.54) is 0 Å². The number of nitrogens with one attached hydrogen (secondary N) is 1. The van der Waals surface area contributed by atoms with Gasteiger partial charge in [0.05, 0.1) is 16.5 Å². The quantitative estimate of drug-likeness (QED) is 0.595. The number of halogens is 1. The summed E-state index contributed by atoms with van der Waals surface area (Å²) < 4.78 is 5.93. The number of hydrogen-bond donors (Lipinski definition) is 1. The molecule has 0 aromatic heterocycles. The molecule has 3 rings (SSSR count). The lowest BCUT2D eigenvalue weighted by molar-refractivity contribution is -0.127. The van der Waals surface area contributed by atoms with Gasteiger partial charge in [0, 0.05) is 5.69 Å². The Bertz CT molecular complexity index is 1060. The van der Waals surface area contributed by atoms with Gasteiger partial charge in [-0.3, -0.25) is 19.3 Å². The molecule has 1 heterocycles. The summed E-state index contributed by atoms with van der Waals surface area (Å²) in [5.74, 6) is -0.233. The minimum Gasteiger partial charge on any atom is -0.496 e. The number of carbonyl (C=O) groups excluding carboxylic acids is 3. The first-order valence-corrected chi connectivity index (χ1v) is 10.8. The summed E-state index contributed by atoms with van der Waals surface area (Å²) in [6.07, 6.45) is 1.63. The van der Waals surface area contributed by atoms with Crippen LogP contribution in [0.4, 0.5) is 10.5 Å². The summed E-state index contributed by atoms with van der Waals surface area (Å²) in [5, 5.41) is 2.36. The normalized spacial score (nSPS) is 15.1. The zero-order valence-corrected chi connectivity index (χ0v) is 19.4. The van der Waals surface area contributed by atoms with Gasteiger partial charge < -0.3 is 10.1 Å². The van der Waals surface area contributed by atoms with Gasteiger partial charge >= 0.3 is 0 Å². The number of imide groups is 1. The molecule has 8 heteroatoms. The Hall–Kier alpha value is -2.58. The highest BCUT2D eigenvalue weighted by molar-refractivity contribution is 9.10. The minimum atomic E-state index is -0.482. The number of rotatable bonds is 5. The van der Waals surface area contributed by atoms with Gasteiger partial charge in [0.1, 0.15) is 12.3 Å². The van der Waals surface area contributed by atoms with Crippen molar-refractivity contribution in [2.75, 3.05) is 19.0 Å². The van der Waals surface area contributed by atoms with Gasteiger partial charge in [-0.2, -0.15) is 0 Å².